The number of hydrogen-bond donors (Lipinski definition) is 1. The second-order valence-corrected chi connectivity index (χ2v) is 0.795. The maximum absolute atomic E-state index is 9.24. The molecule has 0 saturated carbocycles. The van der Waals surface area contributed by atoms with E-state index >= 15 is 0 Å². The van der Waals surface area contributed by atoms with Gasteiger partial charge in [-0.25, -0.2) is 0 Å². The summed E-state index contributed by atoms with van der Waals surface area (Å²) in [5.74, 6) is -1.29. The van der Waals surface area contributed by atoms with E-state index in [1.807, 2.05) is 0 Å². The molecular weight excluding hydrogens is 98.4 g/mol. The number of carboxylic acids is 1. The third-order valence-electron chi connectivity index (χ3n) is 0.114. The molecule has 0 bridgehead atoms. The van der Waals surface area contributed by atoms with Crippen molar-refractivity contribution >= 4 is 36.4 Å². The molecule has 1 radical (unpaired) electrons. The molecule has 0 atom stereocenters. The second-order valence-electron chi connectivity index (χ2n) is 0.527. The molecule has 0 aromatic heterocycles. The van der Waals surface area contributed by atoms with Crippen LogP contribution in [0.5, 0.6) is 0 Å². The fraction of sp³-hybridized carbons (Fsp3) is 0.500. The van der Waals surface area contributed by atoms with Crippen molar-refractivity contribution in [3.05, 3.63) is 0 Å². The summed E-state index contributed by atoms with van der Waals surface area (Å²) in [6, 6.07) is 0. The monoisotopic (exact) mass is 101 g/mol. The number of hydrogen-bond acceptors (Lipinski definition) is 1. The topological polar surface area (TPSA) is 37.3 Å². The number of aliphatic carboxylic acids is 1. The Morgan fingerprint density at radius 2 is 2.00 bits per heavy atom. The van der Waals surface area contributed by atoms with Gasteiger partial charge in [-0.05, 0) is 0 Å². The normalized spacial score (nSPS) is 6.17. The van der Waals surface area contributed by atoms with Crippen LogP contribution in [0.3, 0.4) is 0 Å². The number of carbonyl (C=O) groups is 1. The third kappa shape index (κ3) is 8.84. The van der Waals surface area contributed by atoms with Crippen molar-refractivity contribution in [1.82, 2.24) is 0 Å². The van der Waals surface area contributed by atoms with E-state index in [0.29, 0.717) is 0 Å². The summed E-state index contributed by atoms with van der Waals surface area (Å²) in [5, 5.41) is 7.59. The Balaban J connectivity index is 0. The number of alkyl halides is 1. The van der Waals surface area contributed by atoms with Gasteiger partial charge in [0, 0.05) is 18.9 Å². The molecular formula is C2H3ClLiO2. The molecule has 0 aliphatic rings. The van der Waals surface area contributed by atoms with Gasteiger partial charge in [0.15, 0.2) is 0 Å². The van der Waals surface area contributed by atoms with Gasteiger partial charge in [-0.15, -0.1) is 11.6 Å². The summed E-state index contributed by atoms with van der Waals surface area (Å²) in [5.41, 5.74) is 0. The second kappa shape index (κ2) is 5.36. The molecule has 6 heavy (non-hydrogen) atoms. The summed E-state index contributed by atoms with van der Waals surface area (Å²) in [7, 11) is 0. The van der Waals surface area contributed by atoms with Crippen molar-refractivity contribution in [2.75, 3.05) is 5.88 Å². The molecule has 0 spiro atoms. The Bertz CT molecular complexity index is 46.8. The molecule has 0 fully saturated rings. The standard InChI is InChI=1S/C2H3ClO2.Li/c3-1-2(4)5;/h1H2,(H,4,5);. The van der Waals surface area contributed by atoms with Crippen molar-refractivity contribution < 1.29 is 9.90 Å². The maximum atomic E-state index is 9.24. The Labute approximate surface area is 52.7 Å². The molecule has 0 aliphatic heterocycles. The maximum Gasteiger partial charge on any atom is 0.318 e. The summed E-state index contributed by atoms with van der Waals surface area (Å²) in [4.78, 5) is 9.24. The van der Waals surface area contributed by atoms with E-state index in [2.05, 4.69) is 0 Å². The fourth-order valence-electron chi connectivity index (χ4n) is 0. The molecule has 0 heterocycles. The van der Waals surface area contributed by atoms with Gasteiger partial charge in [0.25, 0.3) is 0 Å². The summed E-state index contributed by atoms with van der Waals surface area (Å²) in [6.07, 6.45) is 0. The van der Waals surface area contributed by atoms with Gasteiger partial charge < -0.3 is 5.11 Å². The van der Waals surface area contributed by atoms with Crippen LogP contribution in [-0.4, -0.2) is 35.8 Å². The van der Waals surface area contributed by atoms with E-state index in [9.17, 15) is 4.79 Å². The fourth-order valence-corrected chi connectivity index (χ4v) is 0. The van der Waals surface area contributed by atoms with E-state index < -0.39 is 5.97 Å². The van der Waals surface area contributed by atoms with Gasteiger partial charge in [-0.1, -0.05) is 0 Å². The van der Waals surface area contributed by atoms with E-state index in [0.717, 1.165) is 0 Å². The van der Waals surface area contributed by atoms with Gasteiger partial charge in [0.1, 0.15) is 5.88 Å². The molecule has 0 rings (SSSR count). The molecule has 0 aliphatic carbocycles. The smallest absolute Gasteiger partial charge is 0.318 e. The van der Waals surface area contributed by atoms with Crippen molar-refractivity contribution in [3.63, 3.8) is 0 Å². The van der Waals surface area contributed by atoms with Crippen molar-refractivity contribution in [3.8, 4) is 0 Å². The number of halogens is 1. The van der Waals surface area contributed by atoms with Crippen molar-refractivity contribution in [2.24, 2.45) is 0 Å². The molecule has 0 aromatic rings. The quantitative estimate of drug-likeness (QED) is 0.371. The first-order valence-corrected chi connectivity index (χ1v) is 1.58. The third-order valence-corrected chi connectivity index (χ3v) is 0.343. The van der Waals surface area contributed by atoms with Gasteiger partial charge >= 0.3 is 5.97 Å². The summed E-state index contributed by atoms with van der Waals surface area (Å²) >= 11 is 4.74. The van der Waals surface area contributed by atoms with Crippen LogP contribution in [0.4, 0.5) is 0 Å². The van der Waals surface area contributed by atoms with Gasteiger partial charge in [0.2, 0.25) is 0 Å². The SMILES string of the molecule is O=C(O)CCl.[Li]. The van der Waals surface area contributed by atoms with Gasteiger partial charge in [0.05, 0.1) is 0 Å². The van der Waals surface area contributed by atoms with Crippen LogP contribution in [0.25, 0.3) is 0 Å². The minimum absolute atomic E-state index is 0. The predicted molar refractivity (Wildman–Crippen MR) is 24.1 cm³/mol. The Morgan fingerprint density at radius 3 is 2.00 bits per heavy atom. The van der Waals surface area contributed by atoms with Crippen LogP contribution < -0.4 is 0 Å². The van der Waals surface area contributed by atoms with Crippen molar-refractivity contribution in [2.45, 2.75) is 0 Å². The molecule has 31 valence electrons. The van der Waals surface area contributed by atoms with Crippen LogP contribution >= 0.6 is 11.6 Å². The summed E-state index contributed by atoms with van der Waals surface area (Å²) in [6.45, 7) is 0. The molecule has 2 nitrogen and oxygen atoms in total. The Kier molecular flexibility index (Phi) is 8.58. The van der Waals surface area contributed by atoms with Crippen LogP contribution in [0.2, 0.25) is 0 Å². The van der Waals surface area contributed by atoms with Gasteiger partial charge in [-0.2, -0.15) is 0 Å². The molecule has 0 aromatic carbocycles. The predicted octanol–water partition coefficient (Wildman–Crippen LogP) is -0.0710. The number of carboxylic acid groups (broad SMARTS) is 1. The van der Waals surface area contributed by atoms with E-state index in [-0.39, 0.29) is 24.7 Å². The van der Waals surface area contributed by atoms with Crippen molar-refractivity contribution in [1.29, 1.82) is 0 Å². The first kappa shape index (κ1) is 9.61. The van der Waals surface area contributed by atoms with Gasteiger partial charge in [-0.3, -0.25) is 4.79 Å². The molecule has 1 N–H and O–H groups in total. The van der Waals surface area contributed by atoms with Crippen LogP contribution in [0, 0.1) is 0 Å². The first-order chi connectivity index (χ1) is 2.27. The molecule has 0 amide bonds. The average Bonchev–Trinajstić information content (AvgIpc) is 1.38. The molecule has 4 heteroatoms. The van der Waals surface area contributed by atoms with Crippen LogP contribution in [-0.2, 0) is 4.79 Å². The zero-order chi connectivity index (χ0) is 4.28. The minimum Gasteiger partial charge on any atom is -0.480 e. The number of rotatable bonds is 1. The minimum atomic E-state index is -0.980. The summed E-state index contributed by atoms with van der Waals surface area (Å²) < 4.78 is 0. The zero-order valence-electron chi connectivity index (χ0n) is 3.44. The largest absolute Gasteiger partial charge is 0.480 e. The molecule has 0 unspecified atom stereocenters. The average molecular weight is 101 g/mol. The molecule has 0 saturated heterocycles. The Hall–Kier alpha value is 0.357. The van der Waals surface area contributed by atoms with E-state index in [4.69, 9.17) is 16.7 Å². The van der Waals surface area contributed by atoms with E-state index in [1.165, 1.54) is 0 Å². The Morgan fingerprint density at radius 1 is 1.83 bits per heavy atom. The first-order valence-electron chi connectivity index (χ1n) is 1.05. The van der Waals surface area contributed by atoms with Crippen LogP contribution in [0.15, 0.2) is 0 Å². The van der Waals surface area contributed by atoms with E-state index in [1.54, 1.807) is 0 Å². The van der Waals surface area contributed by atoms with Crippen LogP contribution in [0.1, 0.15) is 0 Å². The zero-order valence-corrected chi connectivity index (χ0v) is 4.20.